The second-order valence-corrected chi connectivity index (χ2v) is 4.69. The number of rotatable bonds is 5. The van der Waals surface area contributed by atoms with E-state index >= 15 is 0 Å². The Balaban J connectivity index is 2.56. The summed E-state index contributed by atoms with van der Waals surface area (Å²) in [5.41, 5.74) is 0.752. The fourth-order valence-corrected chi connectivity index (χ4v) is 1.53. The average molecular weight is 273 g/mol. The van der Waals surface area contributed by atoms with E-state index in [4.69, 9.17) is 0 Å². The van der Waals surface area contributed by atoms with Crippen LogP contribution in [0.25, 0.3) is 0 Å². The largest absolute Gasteiger partial charge is 0.394 e. The third kappa shape index (κ3) is 3.89. The van der Waals surface area contributed by atoms with Gasteiger partial charge in [0.25, 0.3) is 0 Å². The van der Waals surface area contributed by atoms with Gasteiger partial charge in [-0.25, -0.2) is 4.98 Å². The second kappa shape index (κ2) is 5.58. The van der Waals surface area contributed by atoms with Crippen molar-refractivity contribution in [2.45, 2.75) is 32.4 Å². The van der Waals surface area contributed by atoms with Crippen LogP contribution >= 0.6 is 15.9 Å². The zero-order valence-corrected chi connectivity index (χ0v) is 10.7. The van der Waals surface area contributed by atoms with Crippen LogP contribution in [0.1, 0.15) is 26.0 Å². The Kier molecular flexibility index (Phi) is 4.70. The molecule has 0 saturated carbocycles. The molecule has 0 bridgehead atoms. The highest BCUT2D eigenvalue weighted by molar-refractivity contribution is 9.10. The molecule has 15 heavy (non-hydrogen) atoms. The third-order valence-electron chi connectivity index (χ3n) is 2.60. The Labute approximate surface area is 99.1 Å². The molecule has 1 rings (SSSR count). The quantitative estimate of drug-likeness (QED) is 0.807. The molecule has 0 aliphatic carbocycles. The highest BCUT2D eigenvalue weighted by Gasteiger charge is 2.19. The van der Waals surface area contributed by atoms with Crippen molar-refractivity contribution >= 4 is 15.9 Å². The van der Waals surface area contributed by atoms with Gasteiger partial charge in [-0.15, -0.1) is 0 Å². The molecule has 0 aliphatic rings. The number of nitrogens with one attached hydrogen (secondary N) is 1. The molecule has 1 aromatic heterocycles. The van der Waals surface area contributed by atoms with Gasteiger partial charge in [0, 0.05) is 12.1 Å². The first kappa shape index (κ1) is 12.6. The van der Waals surface area contributed by atoms with Crippen LogP contribution in [0.4, 0.5) is 0 Å². The number of pyridine rings is 1. The van der Waals surface area contributed by atoms with Gasteiger partial charge < -0.3 is 10.4 Å². The van der Waals surface area contributed by atoms with E-state index < -0.39 is 0 Å². The first-order valence-electron chi connectivity index (χ1n) is 5.07. The van der Waals surface area contributed by atoms with Crippen molar-refractivity contribution in [1.82, 2.24) is 10.3 Å². The Morgan fingerprint density at radius 2 is 2.27 bits per heavy atom. The number of halogens is 1. The molecule has 0 spiro atoms. The SMILES string of the molecule is CCC(C)(CO)NCc1cccc(Br)n1. The lowest BCUT2D eigenvalue weighted by atomic mass is 10.0. The first-order valence-corrected chi connectivity index (χ1v) is 5.86. The average Bonchev–Trinajstić information content (AvgIpc) is 2.26. The number of aliphatic hydroxyl groups is 1. The maximum Gasteiger partial charge on any atom is 0.106 e. The molecule has 2 N–H and O–H groups in total. The number of hydrogen-bond acceptors (Lipinski definition) is 3. The molecule has 0 radical (unpaired) electrons. The lowest BCUT2D eigenvalue weighted by Crippen LogP contribution is -2.44. The van der Waals surface area contributed by atoms with Gasteiger partial charge >= 0.3 is 0 Å². The summed E-state index contributed by atoms with van der Waals surface area (Å²) >= 11 is 3.33. The Bertz CT molecular complexity index is 313. The summed E-state index contributed by atoms with van der Waals surface area (Å²) in [5, 5.41) is 12.5. The van der Waals surface area contributed by atoms with Crippen molar-refractivity contribution < 1.29 is 5.11 Å². The van der Waals surface area contributed by atoms with Crippen molar-refractivity contribution in [3.63, 3.8) is 0 Å². The molecule has 0 amide bonds. The van der Waals surface area contributed by atoms with Crippen molar-refractivity contribution in [2.24, 2.45) is 0 Å². The zero-order chi connectivity index (χ0) is 11.3. The smallest absolute Gasteiger partial charge is 0.106 e. The number of aliphatic hydroxyl groups excluding tert-OH is 1. The van der Waals surface area contributed by atoms with Crippen molar-refractivity contribution in [1.29, 1.82) is 0 Å². The van der Waals surface area contributed by atoms with E-state index in [0.717, 1.165) is 16.7 Å². The van der Waals surface area contributed by atoms with E-state index in [9.17, 15) is 5.11 Å². The Hall–Kier alpha value is -0.450. The maximum absolute atomic E-state index is 9.23. The molecule has 1 unspecified atom stereocenters. The van der Waals surface area contributed by atoms with Gasteiger partial charge in [-0.05, 0) is 41.4 Å². The van der Waals surface area contributed by atoms with Gasteiger partial charge in [0.05, 0.1) is 12.3 Å². The fourth-order valence-electron chi connectivity index (χ4n) is 1.15. The van der Waals surface area contributed by atoms with E-state index in [1.807, 2.05) is 25.1 Å². The van der Waals surface area contributed by atoms with Crippen LogP contribution in [0.15, 0.2) is 22.8 Å². The Morgan fingerprint density at radius 3 is 2.80 bits per heavy atom. The summed E-state index contributed by atoms with van der Waals surface area (Å²) in [6, 6.07) is 5.82. The van der Waals surface area contributed by atoms with E-state index in [2.05, 4.69) is 33.2 Å². The van der Waals surface area contributed by atoms with E-state index in [1.54, 1.807) is 0 Å². The summed E-state index contributed by atoms with van der Waals surface area (Å²) in [4.78, 5) is 4.32. The zero-order valence-electron chi connectivity index (χ0n) is 9.13. The van der Waals surface area contributed by atoms with Gasteiger partial charge in [0.2, 0.25) is 0 Å². The molecule has 1 atom stereocenters. The van der Waals surface area contributed by atoms with Crippen LogP contribution in [-0.4, -0.2) is 22.2 Å². The number of nitrogens with zero attached hydrogens (tertiary/aromatic N) is 1. The molecule has 3 nitrogen and oxygen atoms in total. The van der Waals surface area contributed by atoms with E-state index in [0.29, 0.717) is 6.54 Å². The van der Waals surface area contributed by atoms with Crippen LogP contribution in [0.5, 0.6) is 0 Å². The lowest BCUT2D eigenvalue weighted by Gasteiger charge is -2.27. The molecule has 1 aromatic rings. The van der Waals surface area contributed by atoms with Crippen molar-refractivity contribution in [2.75, 3.05) is 6.61 Å². The molecule has 4 heteroatoms. The molecule has 0 aliphatic heterocycles. The van der Waals surface area contributed by atoms with Crippen molar-refractivity contribution in [3.05, 3.63) is 28.5 Å². The summed E-state index contributed by atoms with van der Waals surface area (Å²) in [5.74, 6) is 0. The van der Waals surface area contributed by atoms with E-state index in [-0.39, 0.29) is 12.1 Å². The second-order valence-electron chi connectivity index (χ2n) is 3.88. The van der Waals surface area contributed by atoms with Crippen molar-refractivity contribution in [3.8, 4) is 0 Å². The fraction of sp³-hybridized carbons (Fsp3) is 0.545. The lowest BCUT2D eigenvalue weighted by molar-refractivity contribution is 0.168. The molecule has 1 heterocycles. The summed E-state index contributed by atoms with van der Waals surface area (Å²) < 4.78 is 0.837. The van der Waals surface area contributed by atoms with Gasteiger partial charge in [-0.3, -0.25) is 0 Å². The topological polar surface area (TPSA) is 45.1 Å². The molecule has 0 aromatic carbocycles. The summed E-state index contributed by atoms with van der Waals surface area (Å²) in [7, 11) is 0. The molecule has 84 valence electrons. The predicted molar refractivity (Wildman–Crippen MR) is 64.6 cm³/mol. The van der Waals surface area contributed by atoms with Crippen LogP contribution in [0.3, 0.4) is 0 Å². The molecule has 0 fully saturated rings. The minimum Gasteiger partial charge on any atom is -0.394 e. The van der Waals surface area contributed by atoms with Gasteiger partial charge in [0.1, 0.15) is 4.60 Å². The standard InChI is InChI=1S/C11H17BrN2O/c1-3-11(2,8-15)13-7-9-5-4-6-10(12)14-9/h4-6,13,15H,3,7-8H2,1-2H3. The van der Waals surface area contributed by atoms with Crippen LogP contribution in [0, 0.1) is 0 Å². The van der Waals surface area contributed by atoms with Crippen LogP contribution in [0.2, 0.25) is 0 Å². The van der Waals surface area contributed by atoms with Gasteiger partial charge in [-0.2, -0.15) is 0 Å². The molecule has 0 saturated heterocycles. The summed E-state index contributed by atoms with van der Waals surface area (Å²) in [6.45, 7) is 4.87. The number of aromatic nitrogens is 1. The van der Waals surface area contributed by atoms with Crippen LogP contribution < -0.4 is 5.32 Å². The Morgan fingerprint density at radius 1 is 1.53 bits per heavy atom. The first-order chi connectivity index (χ1) is 7.09. The monoisotopic (exact) mass is 272 g/mol. The van der Waals surface area contributed by atoms with Crippen LogP contribution in [-0.2, 0) is 6.54 Å². The normalized spacial score (nSPS) is 14.9. The third-order valence-corrected chi connectivity index (χ3v) is 3.04. The molecular formula is C11H17BrN2O. The van der Waals surface area contributed by atoms with Gasteiger partial charge in [-0.1, -0.05) is 13.0 Å². The maximum atomic E-state index is 9.23. The minimum atomic E-state index is -0.218. The summed E-state index contributed by atoms with van der Waals surface area (Å²) in [6.07, 6.45) is 0.886. The highest BCUT2D eigenvalue weighted by atomic mass is 79.9. The highest BCUT2D eigenvalue weighted by Crippen LogP contribution is 2.10. The number of hydrogen-bond donors (Lipinski definition) is 2. The molecular weight excluding hydrogens is 256 g/mol. The van der Waals surface area contributed by atoms with E-state index in [1.165, 1.54) is 0 Å². The minimum absolute atomic E-state index is 0.136. The van der Waals surface area contributed by atoms with Gasteiger partial charge in [0.15, 0.2) is 0 Å². The predicted octanol–water partition coefficient (Wildman–Crippen LogP) is 2.09.